The van der Waals surface area contributed by atoms with Gasteiger partial charge in [-0.25, -0.2) is 0 Å². The summed E-state index contributed by atoms with van der Waals surface area (Å²) in [5.74, 6) is -0.905. The van der Waals surface area contributed by atoms with Crippen molar-refractivity contribution in [2.75, 3.05) is 5.32 Å². The Morgan fingerprint density at radius 1 is 1.47 bits per heavy atom. The minimum Gasteiger partial charge on any atom is -0.480 e. The third-order valence-corrected chi connectivity index (χ3v) is 3.85. The molecule has 0 aliphatic carbocycles. The minimum atomic E-state index is -0.905. The average Bonchev–Trinajstić information content (AvgIpc) is 2.13. The Morgan fingerprint density at radius 2 is 1.93 bits per heavy atom. The van der Waals surface area contributed by atoms with Gasteiger partial charge in [-0.3, -0.25) is 4.79 Å². The number of hydrogen-bond donors (Lipinski definition) is 2. The van der Waals surface area contributed by atoms with Crippen LogP contribution >= 0.6 is 43.5 Å². The number of carboxylic acids is 1. The number of hydrogen-bond acceptors (Lipinski definition) is 2. The number of carboxylic acid groups (broad SMARTS) is 1. The largest absolute Gasteiger partial charge is 0.480 e. The van der Waals surface area contributed by atoms with Crippen molar-refractivity contribution in [2.45, 2.75) is 13.0 Å². The number of carbonyl (C=O) groups is 1. The zero-order chi connectivity index (χ0) is 11.6. The Bertz CT molecular complexity index is 375. The monoisotopic (exact) mass is 355 g/mol. The van der Waals surface area contributed by atoms with Crippen LogP contribution in [0.25, 0.3) is 0 Å². The molecule has 0 fully saturated rings. The van der Waals surface area contributed by atoms with Gasteiger partial charge in [0.05, 0.1) is 5.02 Å². The Labute approximate surface area is 109 Å². The molecule has 0 saturated heterocycles. The van der Waals surface area contributed by atoms with Crippen LogP contribution in [0.15, 0.2) is 21.1 Å². The van der Waals surface area contributed by atoms with E-state index in [1.54, 1.807) is 19.1 Å². The van der Waals surface area contributed by atoms with Crippen molar-refractivity contribution in [1.29, 1.82) is 0 Å². The van der Waals surface area contributed by atoms with Crippen LogP contribution in [0.5, 0.6) is 0 Å². The first kappa shape index (κ1) is 12.8. The summed E-state index contributed by atoms with van der Waals surface area (Å²) in [6.07, 6.45) is 0. The summed E-state index contributed by atoms with van der Waals surface area (Å²) in [7, 11) is 0. The average molecular weight is 357 g/mol. The van der Waals surface area contributed by atoms with Gasteiger partial charge in [0.25, 0.3) is 0 Å². The molecule has 0 aromatic heterocycles. The smallest absolute Gasteiger partial charge is 0.325 e. The van der Waals surface area contributed by atoms with Gasteiger partial charge in [-0.15, -0.1) is 0 Å². The lowest BCUT2D eigenvalue weighted by molar-refractivity contribution is -0.137. The lowest BCUT2D eigenvalue weighted by Gasteiger charge is -2.12. The van der Waals surface area contributed by atoms with Crippen molar-refractivity contribution in [3.63, 3.8) is 0 Å². The molecule has 15 heavy (non-hydrogen) atoms. The molecule has 0 heterocycles. The second kappa shape index (κ2) is 5.18. The van der Waals surface area contributed by atoms with Crippen LogP contribution < -0.4 is 5.32 Å². The molecule has 1 aromatic rings. The third-order valence-electron chi connectivity index (χ3n) is 1.74. The van der Waals surface area contributed by atoms with E-state index in [-0.39, 0.29) is 0 Å². The molecule has 2 N–H and O–H groups in total. The van der Waals surface area contributed by atoms with Crippen molar-refractivity contribution >= 4 is 55.1 Å². The van der Waals surface area contributed by atoms with E-state index in [1.807, 2.05) is 0 Å². The third kappa shape index (κ3) is 3.36. The van der Waals surface area contributed by atoms with Gasteiger partial charge in [-0.2, -0.15) is 0 Å². The molecule has 0 aliphatic heterocycles. The molecular weight excluding hydrogens is 349 g/mol. The predicted octanol–water partition coefficient (Wildman–Crippen LogP) is 3.75. The first-order valence-corrected chi connectivity index (χ1v) is 6.02. The number of nitrogens with one attached hydrogen (secondary N) is 1. The predicted molar refractivity (Wildman–Crippen MR) is 67.6 cm³/mol. The van der Waals surface area contributed by atoms with Crippen LogP contribution in [0.2, 0.25) is 5.02 Å². The van der Waals surface area contributed by atoms with Gasteiger partial charge in [-0.1, -0.05) is 11.6 Å². The second-order valence-electron chi connectivity index (χ2n) is 2.96. The fourth-order valence-corrected chi connectivity index (χ4v) is 2.25. The maximum absolute atomic E-state index is 10.6. The maximum Gasteiger partial charge on any atom is 0.325 e. The van der Waals surface area contributed by atoms with Crippen LogP contribution in [-0.2, 0) is 4.79 Å². The molecule has 0 amide bonds. The van der Waals surface area contributed by atoms with Gasteiger partial charge in [0.2, 0.25) is 0 Å². The lowest BCUT2D eigenvalue weighted by atomic mass is 10.2. The number of anilines is 1. The molecule has 0 bridgehead atoms. The second-order valence-corrected chi connectivity index (χ2v) is 5.04. The van der Waals surface area contributed by atoms with E-state index in [9.17, 15) is 4.79 Å². The standard InChI is InChI=1S/C9H8Br2ClNO2/c1-4(9(14)15)13-5-2-6(10)8(12)7(11)3-5/h2-4,13H,1H3,(H,14,15)/t4-/m1/s1. The highest BCUT2D eigenvalue weighted by atomic mass is 79.9. The van der Waals surface area contributed by atoms with Gasteiger partial charge in [0.15, 0.2) is 0 Å². The SMILES string of the molecule is C[C@@H](Nc1cc(Br)c(Cl)c(Br)c1)C(=O)O. The number of rotatable bonds is 3. The van der Waals surface area contributed by atoms with Crippen LogP contribution in [-0.4, -0.2) is 17.1 Å². The molecule has 0 saturated carbocycles. The fraction of sp³-hybridized carbons (Fsp3) is 0.222. The van der Waals surface area contributed by atoms with Crippen molar-refractivity contribution in [3.05, 3.63) is 26.1 Å². The van der Waals surface area contributed by atoms with Crippen LogP contribution in [0.3, 0.4) is 0 Å². The quantitative estimate of drug-likeness (QED) is 0.810. The number of benzene rings is 1. The molecule has 82 valence electrons. The molecule has 0 aliphatic rings. The summed E-state index contributed by atoms with van der Waals surface area (Å²) in [5, 5.41) is 12.1. The van der Waals surface area contributed by atoms with E-state index in [0.717, 1.165) is 0 Å². The van der Waals surface area contributed by atoms with Gasteiger partial charge >= 0.3 is 5.97 Å². The molecule has 1 aromatic carbocycles. The minimum absolute atomic E-state index is 0.559. The maximum atomic E-state index is 10.6. The Morgan fingerprint density at radius 3 is 2.33 bits per heavy atom. The number of halogens is 3. The van der Waals surface area contributed by atoms with E-state index < -0.39 is 12.0 Å². The van der Waals surface area contributed by atoms with Gasteiger partial charge in [0.1, 0.15) is 6.04 Å². The highest BCUT2D eigenvalue weighted by Gasteiger charge is 2.12. The molecule has 6 heteroatoms. The zero-order valence-electron chi connectivity index (χ0n) is 7.72. The van der Waals surface area contributed by atoms with Crippen molar-refractivity contribution in [1.82, 2.24) is 0 Å². The summed E-state index contributed by atoms with van der Waals surface area (Å²) < 4.78 is 1.41. The summed E-state index contributed by atoms with van der Waals surface area (Å²) in [4.78, 5) is 10.6. The first-order chi connectivity index (χ1) is 6.91. The first-order valence-electron chi connectivity index (χ1n) is 4.05. The molecule has 1 atom stereocenters. The summed E-state index contributed by atoms with van der Waals surface area (Å²) in [6, 6.07) is 2.81. The highest BCUT2D eigenvalue weighted by molar-refractivity contribution is 9.11. The van der Waals surface area contributed by atoms with Crippen LogP contribution in [0, 0.1) is 0 Å². The summed E-state index contributed by atoms with van der Waals surface area (Å²) in [5.41, 5.74) is 0.688. The van der Waals surface area contributed by atoms with E-state index in [4.69, 9.17) is 16.7 Å². The fourth-order valence-electron chi connectivity index (χ4n) is 0.951. The molecule has 0 spiro atoms. The number of aliphatic carboxylic acids is 1. The molecule has 0 unspecified atom stereocenters. The van der Waals surface area contributed by atoms with E-state index in [0.29, 0.717) is 19.7 Å². The molecular formula is C9H8Br2ClNO2. The Kier molecular flexibility index (Phi) is 4.43. The highest BCUT2D eigenvalue weighted by Crippen LogP contribution is 2.33. The van der Waals surface area contributed by atoms with Crippen LogP contribution in [0.4, 0.5) is 5.69 Å². The van der Waals surface area contributed by atoms with E-state index in [1.165, 1.54) is 0 Å². The molecule has 3 nitrogen and oxygen atoms in total. The zero-order valence-corrected chi connectivity index (χ0v) is 11.6. The molecule has 0 radical (unpaired) electrons. The van der Waals surface area contributed by atoms with Gasteiger partial charge in [-0.05, 0) is 50.9 Å². The van der Waals surface area contributed by atoms with Gasteiger partial charge in [0, 0.05) is 14.6 Å². The van der Waals surface area contributed by atoms with Gasteiger partial charge < -0.3 is 10.4 Å². The van der Waals surface area contributed by atoms with E-state index in [2.05, 4.69) is 37.2 Å². The molecule has 1 rings (SSSR count). The Hall–Kier alpha value is -0.260. The van der Waals surface area contributed by atoms with Crippen molar-refractivity contribution in [2.24, 2.45) is 0 Å². The normalized spacial score (nSPS) is 12.3. The van der Waals surface area contributed by atoms with Crippen molar-refractivity contribution < 1.29 is 9.90 Å². The van der Waals surface area contributed by atoms with Crippen LogP contribution in [0.1, 0.15) is 6.92 Å². The summed E-state index contributed by atoms with van der Waals surface area (Å²) >= 11 is 12.5. The Balaban J connectivity index is 2.92. The topological polar surface area (TPSA) is 49.3 Å². The lowest BCUT2D eigenvalue weighted by Crippen LogP contribution is -2.25. The van der Waals surface area contributed by atoms with Crippen molar-refractivity contribution in [3.8, 4) is 0 Å². The van der Waals surface area contributed by atoms with E-state index >= 15 is 0 Å². The summed E-state index contributed by atoms with van der Waals surface area (Å²) in [6.45, 7) is 1.57.